The maximum absolute atomic E-state index is 12.1. The monoisotopic (exact) mass is 277 g/mol. The van der Waals surface area contributed by atoms with Crippen LogP contribution < -0.4 is 4.90 Å². The minimum atomic E-state index is -0.454. The smallest absolute Gasteiger partial charge is 0.410 e. The van der Waals surface area contributed by atoms with Crippen LogP contribution in [0.1, 0.15) is 27.2 Å². The standard InChI is InChI=1S/C15H23N3O2/c1-15(2,3)20-14(19)17(4)12-8-10-18(11-12)13-7-5-6-9-16-13/h5-7,9,12H,8,10-11H2,1-4H3/t12-/m1/s1. The number of hydrogen-bond acceptors (Lipinski definition) is 4. The number of nitrogens with zero attached hydrogens (tertiary/aromatic N) is 3. The summed E-state index contributed by atoms with van der Waals surface area (Å²) in [4.78, 5) is 20.3. The van der Waals surface area contributed by atoms with E-state index in [0.29, 0.717) is 0 Å². The molecule has 0 aliphatic carbocycles. The summed E-state index contributed by atoms with van der Waals surface area (Å²) in [5.41, 5.74) is -0.454. The van der Waals surface area contributed by atoms with Gasteiger partial charge in [0.2, 0.25) is 0 Å². The van der Waals surface area contributed by atoms with Gasteiger partial charge in [0.1, 0.15) is 11.4 Å². The van der Waals surface area contributed by atoms with E-state index in [-0.39, 0.29) is 12.1 Å². The number of aromatic nitrogens is 1. The van der Waals surface area contributed by atoms with Crippen LogP contribution in [0.2, 0.25) is 0 Å². The third kappa shape index (κ3) is 3.62. The average Bonchev–Trinajstić information content (AvgIpc) is 2.86. The van der Waals surface area contributed by atoms with Crippen molar-refractivity contribution >= 4 is 11.9 Å². The molecule has 2 heterocycles. The Morgan fingerprint density at radius 1 is 1.45 bits per heavy atom. The topological polar surface area (TPSA) is 45.7 Å². The Bertz CT molecular complexity index is 456. The summed E-state index contributed by atoms with van der Waals surface area (Å²) in [6.45, 7) is 7.36. The van der Waals surface area contributed by atoms with Crippen LogP contribution in [-0.4, -0.2) is 47.8 Å². The molecule has 1 aromatic heterocycles. The molecule has 5 nitrogen and oxygen atoms in total. The number of likely N-dealkylation sites (N-methyl/N-ethyl adjacent to an activating group) is 1. The van der Waals surface area contributed by atoms with Crippen molar-refractivity contribution in [3.63, 3.8) is 0 Å². The second kappa shape index (κ2) is 5.69. The third-order valence-electron chi connectivity index (χ3n) is 3.37. The third-order valence-corrected chi connectivity index (χ3v) is 3.37. The molecule has 0 aromatic carbocycles. The number of pyridine rings is 1. The van der Waals surface area contributed by atoms with Crippen LogP contribution in [0, 0.1) is 0 Å². The number of anilines is 1. The molecule has 0 bridgehead atoms. The normalized spacial score (nSPS) is 19.0. The molecule has 0 radical (unpaired) electrons. The first-order valence-corrected chi connectivity index (χ1v) is 6.98. The van der Waals surface area contributed by atoms with Crippen LogP contribution in [0.25, 0.3) is 0 Å². The fraction of sp³-hybridized carbons (Fsp3) is 0.600. The molecule has 0 saturated carbocycles. The summed E-state index contributed by atoms with van der Waals surface area (Å²) in [6, 6.07) is 6.05. The molecule has 0 N–H and O–H groups in total. The molecule has 110 valence electrons. The van der Waals surface area contributed by atoms with Crippen molar-refractivity contribution in [3.05, 3.63) is 24.4 Å². The summed E-state index contributed by atoms with van der Waals surface area (Å²) in [7, 11) is 1.81. The summed E-state index contributed by atoms with van der Waals surface area (Å²) >= 11 is 0. The fourth-order valence-corrected chi connectivity index (χ4v) is 2.29. The van der Waals surface area contributed by atoms with Crippen molar-refractivity contribution in [2.75, 3.05) is 25.0 Å². The highest BCUT2D eigenvalue weighted by Gasteiger charge is 2.31. The summed E-state index contributed by atoms with van der Waals surface area (Å²) in [5, 5.41) is 0. The number of carbonyl (C=O) groups is 1. The molecule has 1 aliphatic heterocycles. The average molecular weight is 277 g/mol. The van der Waals surface area contributed by atoms with E-state index in [9.17, 15) is 4.79 Å². The lowest BCUT2D eigenvalue weighted by molar-refractivity contribution is 0.0238. The number of hydrogen-bond donors (Lipinski definition) is 0. The lowest BCUT2D eigenvalue weighted by atomic mass is 10.2. The summed E-state index contributed by atoms with van der Waals surface area (Å²) in [5.74, 6) is 0.965. The number of ether oxygens (including phenoxy) is 1. The number of amides is 1. The summed E-state index contributed by atoms with van der Waals surface area (Å²) in [6.07, 6.45) is 2.47. The number of rotatable bonds is 2. The zero-order valence-electron chi connectivity index (χ0n) is 12.7. The highest BCUT2D eigenvalue weighted by molar-refractivity contribution is 5.68. The molecular weight excluding hydrogens is 254 g/mol. The molecule has 1 saturated heterocycles. The predicted octanol–water partition coefficient (Wildman–Crippen LogP) is 2.53. The van der Waals surface area contributed by atoms with E-state index in [0.717, 1.165) is 25.3 Å². The van der Waals surface area contributed by atoms with Crippen molar-refractivity contribution in [1.82, 2.24) is 9.88 Å². The van der Waals surface area contributed by atoms with E-state index in [1.54, 1.807) is 18.1 Å². The van der Waals surface area contributed by atoms with Gasteiger partial charge in [0.15, 0.2) is 0 Å². The molecule has 5 heteroatoms. The molecular formula is C15H23N3O2. The zero-order valence-corrected chi connectivity index (χ0v) is 12.7. The Kier molecular flexibility index (Phi) is 4.16. The predicted molar refractivity (Wildman–Crippen MR) is 78.9 cm³/mol. The van der Waals surface area contributed by atoms with Gasteiger partial charge in [0.25, 0.3) is 0 Å². The molecule has 0 spiro atoms. The van der Waals surface area contributed by atoms with Gasteiger partial charge in [-0.2, -0.15) is 0 Å². The zero-order chi connectivity index (χ0) is 14.8. The first-order valence-electron chi connectivity index (χ1n) is 6.98. The second-order valence-corrected chi connectivity index (χ2v) is 6.17. The highest BCUT2D eigenvalue weighted by Crippen LogP contribution is 2.21. The SMILES string of the molecule is CN(C(=O)OC(C)(C)C)[C@@H]1CCN(c2ccccn2)C1. The van der Waals surface area contributed by atoms with Gasteiger partial charge >= 0.3 is 6.09 Å². The molecule has 20 heavy (non-hydrogen) atoms. The Labute approximate surface area is 120 Å². The van der Waals surface area contributed by atoms with Gasteiger partial charge in [0.05, 0.1) is 6.04 Å². The van der Waals surface area contributed by atoms with Gasteiger partial charge in [0, 0.05) is 26.3 Å². The first-order chi connectivity index (χ1) is 9.37. The van der Waals surface area contributed by atoms with Gasteiger partial charge in [-0.05, 0) is 39.3 Å². The van der Waals surface area contributed by atoms with Gasteiger partial charge < -0.3 is 14.5 Å². The van der Waals surface area contributed by atoms with E-state index in [1.807, 2.05) is 39.0 Å². The lowest BCUT2D eigenvalue weighted by Gasteiger charge is -2.28. The molecule has 1 aromatic rings. The molecule has 1 atom stereocenters. The van der Waals surface area contributed by atoms with E-state index < -0.39 is 5.60 Å². The molecule has 2 rings (SSSR count). The van der Waals surface area contributed by atoms with Crippen LogP contribution in [-0.2, 0) is 4.74 Å². The largest absolute Gasteiger partial charge is 0.444 e. The minimum Gasteiger partial charge on any atom is -0.444 e. The Morgan fingerprint density at radius 2 is 2.20 bits per heavy atom. The van der Waals surface area contributed by atoms with E-state index in [2.05, 4.69) is 9.88 Å². The fourth-order valence-electron chi connectivity index (χ4n) is 2.29. The van der Waals surface area contributed by atoms with Gasteiger partial charge in [-0.1, -0.05) is 6.07 Å². The van der Waals surface area contributed by atoms with Crippen LogP contribution in [0.4, 0.5) is 10.6 Å². The Morgan fingerprint density at radius 3 is 2.80 bits per heavy atom. The highest BCUT2D eigenvalue weighted by atomic mass is 16.6. The minimum absolute atomic E-state index is 0.173. The first kappa shape index (κ1) is 14.6. The lowest BCUT2D eigenvalue weighted by Crippen LogP contribution is -2.42. The number of carbonyl (C=O) groups excluding carboxylic acids is 1. The molecule has 0 unspecified atom stereocenters. The maximum atomic E-state index is 12.1. The second-order valence-electron chi connectivity index (χ2n) is 6.17. The molecule has 1 amide bonds. The van der Waals surface area contributed by atoms with Crippen molar-refractivity contribution in [2.45, 2.75) is 38.8 Å². The van der Waals surface area contributed by atoms with Gasteiger partial charge in [-0.25, -0.2) is 9.78 Å². The van der Waals surface area contributed by atoms with Crippen molar-refractivity contribution in [2.24, 2.45) is 0 Å². The Balaban J connectivity index is 1.94. The molecule has 1 aliphatic rings. The van der Waals surface area contributed by atoms with Gasteiger partial charge in [-0.3, -0.25) is 0 Å². The van der Waals surface area contributed by atoms with Crippen molar-refractivity contribution in [3.8, 4) is 0 Å². The Hall–Kier alpha value is -1.78. The van der Waals surface area contributed by atoms with Crippen LogP contribution in [0.15, 0.2) is 24.4 Å². The maximum Gasteiger partial charge on any atom is 0.410 e. The summed E-state index contributed by atoms with van der Waals surface area (Å²) < 4.78 is 5.41. The molecule has 1 fully saturated rings. The van der Waals surface area contributed by atoms with Crippen LogP contribution in [0.3, 0.4) is 0 Å². The van der Waals surface area contributed by atoms with Gasteiger partial charge in [-0.15, -0.1) is 0 Å². The van der Waals surface area contributed by atoms with E-state index in [4.69, 9.17) is 4.74 Å². The van der Waals surface area contributed by atoms with Crippen LogP contribution >= 0.6 is 0 Å². The van der Waals surface area contributed by atoms with E-state index >= 15 is 0 Å². The van der Waals surface area contributed by atoms with Crippen LogP contribution in [0.5, 0.6) is 0 Å². The van der Waals surface area contributed by atoms with Crippen molar-refractivity contribution in [1.29, 1.82) is 0 Å². The quantitative estimate of drug-likeness (QED) is 0.833. The van der Waals surface area contributed by atoms with Crippen molar-refractivity contribution < 1.29 is 9.53 Å². The van der Waals surface area contributed by atoms with E-state index in [1.165, 1.54) is 0 Å².